The maximum atomic E-state index is 12.3. The molecule has 1 aromatic carbocycles. The average molecular weight is 248 g/mol. The summed E-state index contributed by atoms with van der Waals surface area (Å²) in [6.45, 7) is 3.95. The number of piperazine rings is 1. The van der Waals surface area contributed by atoms with E-state index in [0.717, 1.165) is 6.54 Å². The summed E-state index contributed by atoms with van der Waals surface area (Å²) >= 11 is 0. The van der Waals surface area contributed by atoms with Crippen LogP contribution in [0, 0.1) is 0 Å². The predicted octanol–water partition coefficient (Wildman–Crippen LogP) is 0.819. The van der Waals surface area contributed by atoms with Gasteiger partial charge in [-0.2, -0.15) is 0 Å². The van der Waals surface area contributed by atoms with Crippen molar-refractivity contribution in [1.29, 1.82) is 0 Å². The molecule has 2 rings (SSSR count). The van der Waals surface area contributed by atoms with Gasteiger partial charge < -0.3 is 15.3 Å². The molecule has 0 bridgehead atoms. The van der Waals surface area contributed by atoms with Gasteiger partial charge in [-0.15, -0.1) is 0 Å². The number of nitrogens with one attached hydrogen (secondary N) is 1. The van der Waals surface area contributed by atoms with Gasteiger partial charge in [-0.1, -0.05) is 12.1 Å². The zero-order valence-electron chi connectivity index (χ0n) is 10.2. The van der Waals surface area contributed by atoms with Gasteiger partial charge in [0.1, 0.15) is 0 Å². The van der Waals surface area contributed by atoms with E-state index in [1.807, 2.05) is 6.92 Å². The molecule has 1 saturated heterocycles. The topological polar surface area (TPSA) is 69.6 Å². The molecule has 1 aliphatic rings. The fourth-order valence-corrected chi connectivity index (χ4v) is 2.14. The maximum absolute atomic E-state index is 12.3. The van der Waals surface area contributed by atoms with Crippen LogP contribution in [0.1, 0.15) is 27.6 Å². The first-order chi connectivity index (χ1) is 8.59. The van der Waals surface area contributed by atoms with Crippen LogP contribution in [0.4, 0.5) is 0 Å². The molecule has 18 heavy (non-hydrogen) atoms. The number of nitrogens with zero attached hydrogens (tertiary/aromatic N) is 1. The number of carboxylic acid groups (broad SMARTS) is 1. The Labute approximate surface area is 105 Å². The molecular weight excluding hydrogens is 232 g/mol. The molecule has 1 fully saturated rings. The maximum Gasteiger partial charge on any atom is 0.336 e. The molecule has 0 radical (unpaired) electrons. The summed E-state index contributed by atoms with van der Waals surface area (Å²) in [5.41, 5.74) is 0.327. The second kappa shape index (κ2) is 5.18. The highest BCUT2D eigenvalue weighted by Crippen LogP contribution is 2.13. The summed E-state index contributed by atoms with van der Waals surface area (Å²) in [7, 11) is 0. The Hall–Kier alpha value is -1.88. The van der Waals surface area contributed by atoms with Crippen molar-refractivity contribution in [2.24, 2.45) is 0 Å². The zero-order valence-corrected chi connectivity index (χ0v) is 10.2. The quantitative estimate of drug-likeness (QED) is 0.813. The van der Waals surface area contributed by atoms with Gasteiger partial charge >= 0.3 is 5.97 Å². The second-order valence-electron chi connectivity index (χ2n) is 4.46. The van der Waals surface area contributed by atoms with Crippen molar-refractivity contribution in [3.63, 3.8) is 0 Å². The number of rotatable bonds is 2. The lowest BCUT2D eigenvalue weighted by atomic mass is 10.1. The van der Waals surface area contributed by atoms with Crippen LogP contribution in [0.2, 0.25) is 0 Å². The molecule has 1 amide bonds. The molecule has 1 aliphatic heterocycles. The highest BCUT2D eigenvalue weighted by Gasteiger charge is 2.24. The first kappa shape index (κ1) is 12.6. The molecule has 1 atom stereocenters. The summed E-state index contributed by atoms with van der Waals surface area (Å²) in [6.07, 6.45) is 0. The summed E-state index contributed by atoms with van der Waals surface area (Å²) < 4.78 is 0. The molecular formula is C13H16N2O3. The van der Waals surface area contributed by atoms with Crippen LogP contribution in [0.5, 0.6) is 0 Å². The van der Waals surface area contributed by atoms with E-state index in [-0.39, 0.29) is 23.1 Å². The molecule has 96 valence electrons. The highest BCUT2D eigenvalue weighted by atomic mass is 16.4. The van der Waals surface area contributed by atoms with E-state index in [2.05, 4.69) is 5.32 Å². The first-order valence-corrected chi connectivity index (χ1v) is 5.94. The highest BCUT2D eigenvalue weighted by molar-refractivity contribution is 6.04. The van der Waals surface area contributed by atoms with Gasteiger partial charge in [0, 0.05) is 25.7 Å². The third-order valence-electron chi connectivity index (χ3n) is 3.04. The lowest BCUT2D eigenvalue weighted by Gasteiger charge is -2.32. The molecule has 1 aromatic rings. The normalized spacial score (nSPS) is 19.6. The SMILES string of the molecule is CC1CN(C(=O)c2ccccc2C(=O)O)CCN1. The number of carboxylic acids is 1. The van der Waals surface area contributed by atoms with Crippen LogP contribution in [0.25, 0.3) is 0 Å². The van der Waals surface area contributed by atoms with Crippen molar-refractivity contribution in [2.75, 3.05) is 19.6 Å². The van der Waals surface area contributed by atoms with E-state index in [4.69, 9.17) is 5.11 Å². The van der Waals surface area contributed by atoms with Gasteiger partial charge in [-0.05, 0) is 19.1 Å². The number of benzene rings is 1. The Morgan fingerprint density at radius 1 is 1.33 bits per heavy atom. The minimum Gasteiger partial charge on any atom is -0.478 e. The Morgan fingerprint density at radius 2 is 2.00 bits per heavy atom. The van der Waals surface area contributed by atoms with Crippen molar-refractivity contribution in [1.82, 2.24) is 10.2 Å². The van der Waals surface area contributed by atoms with Crippen molar-refractivity contribution in [3.05, 3.63) is 35.4 Å². The van der Waals surface area contributed by atoms with Gasteiger partial charge in [0.15, 0.2) is 0 Å². The Bertz CT molecular complexity index is 473. The monoisotopic (exact) mass is 248 g/mol. The lowest BCUT2D eigenvalue weighted by Crippen LogP contribution is -2.51. The predicted molar refractivity (Wildman–Crippen MR) is 66.8 cm³/mol. The molecule has 5 heteroatoms. The molecule has 5 nitrogen and oxygen atoms in total. The standard InChI is InChI=1S/C13H16N2O3/c1-9-8-15(7-6-14-9)12(16)10-4-2-3-5-11(10)13(17)18/h2-5,9,14H,6-8H2,1H3,(H,17,18). The molecule has 2 N–H and O–H groups in total. The number of aromatic carboxylic acids is 1. The second-order valence-corrected chi connectivity index (χ2v) is 4.46. The van der Waals surface area contributed by atoms with Gasteiger partial charge in [-0.25, -0.2) is 4.79 Å². The Kier molecular flexibility index (Phi) is 3.62. The lowest BCUT2D eigenvalue weighted by molar-refractivity contribution is 0.0661. The van der Waals surface area contributed by atoms with Crippen LogP contribution in [-0.2, 0) is 0 Å². The van der Waals surface area contributed by atoms with Crippen LogP contribution in [0.15, 0.2) is 24.3 Å². The smallest absolute Gasteiger partial charge is 0.336 e. The third-order valence-corrected chi connectivity index (χ3v) is 3.04. The van der Waals surface area contributed by atoms with E-state index < -0.39 is 5.97 Å². The van der Waals surface area contributed by atoms with E-state index in [9.17, 15) is 9.59 Å². The average Bonchev–Trinajstić information content (AvgIpc) is 2.38. The minimum atomic E-state index is -1.07. The van der Waals surface area contributed by atoms with Crippen LogP contribution in [0.3, 0.4) is 0 Å². The summed E-state index contributed by atoms with van der Waals surface area (Å²) in [6, 6.07) is 6.57. The molecule has 1 heterocycles. The van der Waals surface area contributed by atoms with Crippen LogP contribution < -0.4 is 5.32 Å². The van der Waals surface area contributed by atoms with Crippen molar-refractivity contribution >= 4 is 11.9 Å². The largest absolute Gasteiger partial charge is 0.478 e. The van der Waals surface area contributed by atoms with Crippen LogP contribution in [-0.4, -0.2) is 47.6 Å². The van der Waals surface area contributed by atoms with Crippen molar-refractivity contribution in [3.8, 4) is 0 Å². The Balaban J connectivity index is 2.25. The van der Waals surface area contributed by atoms with E-state index >= 15 is 0 Å². The number of carbonyl (C=O) groups is 2. The minimum absolute atomic E-state index is 0.0636. The van der Waals surface area contributed by atoms with Gasteiger partial charge in [-0.3, -0.25) is 4.79 Å². The van der Waals surface area contributed by atoms with Crippen molar-refractivity contribution in [2.45, 2.75) is 13.0 Å². The van der Waals surface area contributed by atoms with Crippen molar-refractivity contribution < 1.29 is 14.7 Å². The van der Waals surface area contributed by atoms with Gasteiger partial charge in [0.05, 0.1) is 11.1 Å². The number of hydrogen-bond acceptors (Lipinski definition) is 3. The molecule has 0 saturated carbocycles. The third kappa shape index (κ3) is 2.51. The fraction of sp³-hybridized carbons (Fsp3) is 0.385. The van der Waals surface area contributed by atoms with E-state index in [1.165, 1.54) is 6.07 Å². The first-order valence-electron chi connectivity index (χ1n) is 5.94. The zero-order chi connectivity index (χ0) is 13.1. The van der Waals surface area contributed by atoms with Gasteiger partial charge in [0.2, 0.25) is 0 Å². The molecule has 1 unspecified atom stereocenters. The Morgan fingerprint density at radius 3 is 2.61 bits per heavy atom. The molecule has 0 aliphatic carbocycles. The number of hydrogen-bond donors (Lipinski definition) is 2. The molecule has 0 spiro atoms. The number of amides is 1. The number of carbonyl (C=O) groups excluding carboxylic acids is 1. The molecule has 0 aromatic heterocycles. The van der Waals surface area contributed by atoms with Gasteiger partial charge in [0.25, 0.3) is 5.91 Å². The summed E-state index contributed by atoms with van der Waals surface area (Å²) in [5.74, 6) is -1.27. The van der Waals surface area contributed by atoms with E-state index in [1.54, 1.807) is 23.1 Å². The summed E-state index contributed by atoms with van der Waals surface area (Å²) in [4.78, 5) is 25.1. The summed E-state index contributed by atoms with van der Waals surface area (Å²) in [5, 5.41) is 12.3. The van der Waals surface area contributed by atoms with Crippen LogP contribution >= 0.6 is 0 Å². The fourth-order valence-electron chi connectivity index (χ4n) is 2.14. The van der Waals surface area contributed by atoms with E-state index in [0.29, 0.717) is 13.1 Å².